The van der Waals surface area contributed by atoms with E-state index < -0.39 is 11.5 Å². The molecule has 0 aliphatic carbocycles. The summed E-state index contributed by atoms with van der Waals surface area (Å²) >= 11 is 0. The second kappa shape index (κ2) is 6.84. The molecule has 3 saturated heterocycles. The van der Waals surface area contributed by atoms with Gasteiger partial charge in [0.2, 0.25) is 11.8 Å². The summed E-state index contributed by atoms with van der Waals surface area (Å²) in [5, 5.41) is 7.05. The van der Waals surface area contributed by atoms with Crippen molar-refractivity contribution in [3.05, 3.63) is 18.0 Å². The number of rotatable bonds is 5. The Bertz CT molecular complexity index is 765. The molecule has 1 N–H and O–H groups in total. The van der Waals surface area contributed by atoms with Crippen LogP contribution in [0, 0.1) is 11.3 Å². The number of ether oxygens (including phenoxy) is 2. The second-order valence-electron chi connectivity index (χ2n) is 7.38. The topological polar surface area (TPSA) is 106 Å². The summed E-state index contributed by atoms with van der Waals surface area (Å²) in [7, 11) is 1.82. The minimum Gasteiger partial charge on any atom is -0.448 e. The van der Waals surface area contributed by atoms with Crippen LogP contribution in [0.4, 0.5) is 4.79 Å². The zero-order valence-corrected chi connectivity index (χ0v) is 15.2. The molecule has 0 saturated carbocycles. The van der Waals surface area contributed by atoms with Crippen molar-refractivity contribution in [2.24, 2.45) is 18.4 Å². The second-order valence-corrected chi connectivity index (χ2v) is 7.38. The zero-order valence-electron chi connectivity index (χ0n) is 15.2. The molecule has 146 valence electrons. The van der Waals surface area contributed by atoms with Crippen molar-refractivity contribution in [2.45, 2.75) is 6.54 Å². The largest absolute Gasteiger partial charge is 0.448 e. The van der Waals surface area contributed by atoms with Crippen LogP contribution in [-0.2, 0) is 32.7 Å². The van der Waals surface area contributed by atoms with Gasteiger partial charge in [-0.15, -0.1) is 0 Å². The predicted molar refractivity (Wildman–Crippen MR) is 91.3 cm³/mol. The molecule has 0 radical (unpaired) electrons. The first kappa shape index (κ1) is 17.8. The Morgan fingerprint density at radius 1 is 1.44 bits per heavy atom. The molecular weight excluding hydrogens is 354 g/mol. The van der Waals surface area contributed by atoms with Gasteiger partial charge >= 0.3 is 6.09 Å². The van der Waals surface area contributed by atoms with Crippen molar-refractivity contribution in [3.8, 4) is 0 Å². The summed E-state index contributed by atoms with van der Waals surface area (Å²) in [6.45, 7) is 2.61. The van der Waals surface area contributed by atoms with Crippen LogP contribution in [0.5, 0.6) is 0 Å². The number of fused-ring (bicyclic) bond motifs is 1. The van der Waals surface area contributed by atoms with Crippen molar-refractivity contribution >= 4 is 17.9 Å². The number of hydrogen-bond donors (Lipinski definition) is 1. The van der Waals surface area contributed by atoms with Gasteiger partial charge in [-0.3, -0.25) is 19.2 Å². The van der Waals surface area contributed by atoms with E-state index >= 15 is 0 Å². The van der Waals surface area contributed by atoms with E-state index in [0.717, 1.165) is 5.56 Å². The first-order valence-electron chi connectivity index (χ1n) is 9.01. The Morgan fingerprint density at radius 3 is 3.00 bits per heavy atom. The van der Waals surface area contributed by atoms with Gasteiger partial charge in [0.15, 0.2) is 0 Å². The summed E-state index contributed by atoms with van der Waals surface area (Å²) in [6.07, 6.45) is 3.09. The third kappa shape index (κ3) is 3.25. The molecule has 2 atom stereocenters. The molecule has 3 fully saturated rings. The van der Waals surface area contributed by atoms with Crippen LogP contribution in [-0.4, -0.2) is 83.5 Å². The number of hydrogen-bond acceptors (Lipinski definition) is 6. The molecule has 3 amide bonds. The minimum absolute atomic E-state index is 0.0141. The maximum absolute atomic E-state index is 13.0. The Labute approximate surface area is 156 Å². The van der Waals surface area contributed by atoms with E-state index in [2.05, 4.69) is 10.4 Å². The van der Waals surface area contributed by atoms with E-state index in [1.165, 1.54) is 4.90 Å². The molecule has 3 aliphatic heterocycles. The molecule has 3 aliphatic rings. The third-order valence-electron chi connectivity index (χ3n) is 5.56. The van der Waals surface area contributed by atoms with Gasteiger partial charge < -0.3 is 19.7 Å². The molecule has 10 nitrogen and oxygen atoms in total. The molecule has 0 unspecified atom stereocenters. The Morgan fingerprint density at radius 2 is 2.30 bits per heavy atom. The summed E-state index contributed by atoms with van der Waals surface area (Å²) < 4.78 is 12.1. The van der Waals surface area contributed by atoms with Crippen molar-refractivity contribution in [3.63, 3.8) is 0 Å². The third-order valence-corrected chi connectivity index (χ3v) is 5.56. The Hall–Kier alpha value is -2.62. The van der Waals surface area contributed by atoms with E-state index in [1.54, 1.807) is 15.8 Å². The van der Waals surface area contributed by atoms with Crippen LogP contribution >= 0.6 is 0 Å². The van der Waals surface area contributed by atoms with E-state index in [0.29, 0.717) is 46.0 Å². The van der Waals surface area contributed by atoms with E-state index in [9.17, 15) is 14.4 Å². The van der Waals surface area contributed by atoms with Crippen LogP contribution in [0.15, 0.2) is 12.4 Å². The number of cyclic esters (lactones) is 1. The fourth-order valence-corrected chi connectivity index (χ4v) is 4.00. The van der Waals surface area contributed by atoms with Gasteiger partial charge in [-0.25, -0.2) is 4.79 Å². The average Bonchev–Trinajstić information content (AvgIpc) is 3.38. The number of nitrogens with zero attached hydrogens (tertiary/aromatic N) is 4. The molecule has 0 aromatic carbocycles. The first-order chi connectivity index (χ1) is 13.0. The molecule has 1 aromatic heterocycles. The quantitative estimate of drug-likeness (QED) is 0.703. The van der Waals surface area contributed by atoms with Gasteiger partial charge in [0.1, 0.15) is 13.2 Å². The molecular formula is C17H23N5O5. The van der Waals surface area contributed by atoms with Gasteiger partial charge in [-0.1, -0.05) is 0 Å². The average molecular weight is 377 g/mol. The number of nitrogens with one attached hydrogen (secondary N) is 1. The standard InChI is InChI=1S/C17H23N5O5/c1-20-6-12(5-19-20)4-18-15(24)17-10-22(7-13(17)9-26-11-17)14(23)8-21-2-3-27-16(21)25/h5-6,13H,2-4,7-11H2,1H3,(H,18,24)/t13-,17-/m0/s1. The first-order valence-corrected chi connectivity index (χ1v) is 9.01. The summed E-state index contributed by atoms with van der Waals surface area (Å²) in [5.41, 5.74) is 0.180. The van der Waals surface area contributed by atoms with Crippen molar-refractivity contribution in [1.82, 2.24) is 24.9 Å². The maximum Gasteiger partial charge on any atom is 0.410 e. The Balaban J connectivity index is 1.39. The predicted octanol–water partition coefficient (Wildman–Crippen LogP) is -1.04. The van der Waals surface area contributed by atoms with Gasteiger partial charge in [-0.2, -0.15) is 5.10 Å². The highest BCUT2D eigenvalue weighted by molar-refractivity contribution is 5.87. The van der Waals surface area contributed by atoms with Crippen LogP contribution in [0.25, 0.3) is 0 Å². The fourth-order valence-electron chi connectivity index (χ4n) is 4.00. The lowest BCUT2D eigenvalue weighted by atomic mass is 9.80. The molecule has 1 aromatic rings. The van der Waals surface area contributed by atoms with Gasteiger partial charge in [-0.05, 0) is 0 Å². The number of carbonyl (C=O) groups excluding carboxylic acids is 3. The maximum atomic E-state index is 13.0. The monoisotopic (exact) mass is 377 g/mol. The lowest BCUT2D eigenvalue weighted by Gasteiger charge is -2.26. The smallest absolute Gasteiger partial charge is 0.410 e. The minimum atomic E-state index is -0.733. The summed E-state index contributed by atoms with van der Waals surface area (Å²) in [4.78, 5) is 40.2. The van der Waals surface area contributed by atoms with Crippen molar-refractivity contribution < 1.29 is 23.9 Å². The van der Waals surface area contributed by atoms with Gasteiger partial charge in [0.25, 0.3) is 0 Å². The van der Waals surface area contributed by atoms with Crippen LogP contribution in [0.3, 0.4) is 0 Å². The Kier molecular flexibility index (Phi) is 4.50. The van der Waals surface area contributed by atoms with Crippen LogP contribution in [0.2, 0.25) is 0 Å². The normalized spacial score (nSPS) is 27.0. The molecule has 27 heavy (non-hydrogen) atoms. The number of aryl methyl sites for hydroxylation is 1. The van der Waals surface area contributed by atoms with Gasteiger partial charge in [0, 0.05) is 44.4 Å². The zero-order chi connectivity index (χ0) is 19.0. The van der Waals surface area contributed by atoms with Crippen molar-refractivity contribution in [1.29, 1.82) is 0 Å². The van der Waals surface area contributed by atoms with E-state index in [1.807, 2.05) is 13.2 Å². The number of aromatic nitrogens is 2. The molecule has 4 rings (SSSR count). The summed E-state index contributed by atoms with van der Waals surface area (Å²) in [6, 6.07) is 0. The molecule has 0 bridgehead atoms. The molecule has 10 heteroatoms. The molecule has 4 heterocycles. The molecule has 0 spiro atoms. The fraction of sp³-hybridized carbons (Fsp3) is 0.647. The van der Waals surface area contributed by atoms with Crippen LogP contribution < -0.4 is 5.32 Å². The van der Waals surface area contributed by atoms with E-state index in [4.69, 9.17) is 9.47 Å². The number of carbonyl (C=O) groups is 3. The van der Waals surface area contributed by atoms with Crippen LogP contribution in [0.1, 0.15) is 5.56 Å². The number of amides is 3. The lowest BCUT2D eigenvalue weighted by molar-refractivity contribution is -0.134. The highest BCUT2D eigenvalue weighted by Gasteiger charge is 2.56. The SMILES string of the molecule is Cn1cc(CNC(=O)[C@@]23COC[C@@H]2CN(C(=O)CN2CCOC2=O)C3)cn1. The van der Waals surface area contributed by atoms with E-state index in [-0.39, 0.29) is 24.3 Å². The highest BCUT2D eigenvalue weighted by Crippen LogP contribution is 2.41. The van der Waals surface area contributed by atoms with Crippen molar-refractivity contribution in [2.75, 3.05) is 46.0 Å². The summed E-state index contributed by atoms with van der Waals surface area (Å²) in [5.74, 6) is -0.312. The number of likely N-dealkylation sites (tertiary alicyclic amines) is 1. The van der Waals surface area contributed by atoms with Gasteiger partial charge in [0.05, 0.1) is 31.4 Å². The lowest BCUT2D eigenvalue weighted by Crippen LogP contribution is -2.47. The highest BCUT2D eigenvalue weighted by atomic mass is 16.6.